The van der Waals surface area contributed by atoms with E-state index in [1.165, 1.54) is 31.3 Å². The molecule has 0 amide bonds. The van der Waals surface area contributed by atoms with Crippen molar-refractivity contribution in [3.05, 3.63) is 140 Å². The Bertz CT molecular complexity index is 2070. The van der Waals surface area contributed by atoms with Crippen LogP contribution in [0, 0.1) is 0 Å². The number of hydrogen-bond acceptors (Lipinski definition) is 3. The zero-order valence-corrected chi connectivity index (χ0v) is 21.9. The number of thiophene rings is 1. The molecule has 3 heteroatoms. The molecule has 0 fully saturated rings. The largest absolute Gasteiger partial charge is 0.455 e. The number of fused-ring (bicyclic) bond motifs is 7. The average molecular weight is 518 g/mol. The van der Waals surface area contributed by atoms with Gasteiger partial charge in [-0.25, -0.2) is 0 Å². The van der Waals surface area contributed by atoms with Crippen molar-refractivity contribution >= 4 is 70.5 Å². The first-order valence-corrected chi connectivity index (χ1v) is 13.9. The molecule has 2 nitrogen and oxygen atoms in total. The van der Waals surface area contributed by atoms with Gasteiger partial charge in [0.25, 0.3) is 0 Å². The Hall–Kier alpha value is -4.86. The molecule has 8 rings (SSSR count). The van der Waals surface area contributed by atoms with Crippen molar-refractivity contribution in [1.29, 1.82) is 0 Å². The molecule has 0 atom stereocenters. The molecule has 0 unspecified atom stereocenters. The van der Waals surface area contributed by atoms with Crippen molar-refractivity contribution in [2.75, 3.05) is 4.90 Å². The first kappa shape index (κ1) is 22.2. The van der Waals surface area contributed by atoms with Crippen LogP contribution in [0.1, 0.15) is 0 Å². The number of hydrogen-bond donors (Lipinski definition) is 0. The van der Waals surface area contributed by atoms with Crippen molar-refractivity contribution in [3.8, 4) is 11.1 Å². The second-order valence-corrected chi connectivity index (χ2v) is 10.8. The van der Waals surface area contributed by atoms with Crippen LogP contribution in [0.2, 0.25) is 0 Å². The number of para-hydroxylation sites is 3. The normalized spacial score (nSPS) is 11.6. The molecule has 39 heavy (non-hydrogen) atoms. The van der Waals surface area contributed by atoms with E-state index in [-0.39, 0.29) is 0 Å². The Labute approximate surface area is 230 Å². The Morgan fingerprint density at radius 2 is 1.08 bits per heavy atom. The summed E-state index contributed by atoms with van der Waals surface area (Å²) in [5, 5.41) is 4.67. The Balaban J connectivity index is 1.67. The van der Waals surface area contributed by atoms with E-state index in [9.17, 15) is 0 Å². The van der Waals surface area contributed by atoms with Crippen molar-refractivity contribution < 1.29 is 4.42 Å². The summed E-state index contributed by atoms with van der Waals surface area (Å²) in [4.78, 5) is 2.40. The minimum absolute atomic E-state index is 0.900. The minimum atomic E-state index is 0.900. The molecule has 2 aromatic heterocycles. The SMILES string of the molecule is c1ccc(-c2c(N(c3ccccc3)c3ccccc3)c3c4ccccc4oc3c3c2sc2ccccc23)cc1. The highest BCUT2D eigenvalue weighted by Gasteiger charge is 2.28. The second-order valence-electron chi connectivity index (χ2n) is 9.70. The lowest BCUT2D eigenvalue weighted by Crippen LogP contribution is -2.11. The fraction of sp³-hybridized carbons (Fsp3) is 0. The van der Waals surface area contributed by atoms with Crippen LogP contribution >= 0.6 is 11.3 Å². The van der Waals surface area contributed by atoms with E-state index in [4.69, 9.17) is 4.42 Å². The molecule has 0 radical (unpaired) electrons. The zero-order valence-electron chi connectivity index (χ0n) is 21.0. The molecule has 184 valence electrons. The van der Waals surface area contributed by atoms with Crippen LogP contribution in [0.5, 0.6) is 0 Å². The maximum atomic E-state index is 6.77. The summed E-state index contributed by atoms with van der Waals surface area (Å²) in [6.07, 6.45) is 0. The summed E-state index contributed by atoms with van der Waals surface area (Å²) in [5.74, 6) is 0. The second kappa shape index (κ2) is 8.87. The summed E-state index contributed by atoms with van der Waals surface area (Å²) < 4.78 is 9.26. The third kappa shape index (κ3) is 3.41. The van der Waals surface area contributed by atoms with Crippen LogP contribution in [-0.2, 0) is 0 Å². The summed E-state index contributed by atoms with van der Waals surface area (Å²) in [7, 11) is 0. The van der Waals surface area contributed by atoms with Gasteiger partial charge in [0, 0.05) is 42.5 Å². The van der Waals surface area contributed by atoms with E-state index in [0.717, 1.165) is 39.0 Å². The lowest BCUT2D eigenvalue weighted by Gasteiger charge is -2.29. The Morgan fingerprint density at radius 1 is 0.513 bits per heavy atom. The highest BCUT2D eigenvalue weighted by atomic mass is 32.1. The number of nitrogens with zero attached hydrogens (tertiary/aromatic N) is 1. The molecule has 0 aliphatic heterocycles. The molecule has 0 aliphatic rings. The van der Waals surface area contributed by atoms with Crippen LogP contribution in [-0.4, -0.2) is 0 Å². The quantitative estimate of drug-likeness (QED) is 0.231. The fourth-order valence-corrected chi connectivity index (χ4v) is 7.06. The van der Waals surface area contributed by atoms with Gasteiger partial charge in [-0.15, -0.1) is 11.3 Å². The van der Waals surface area contributed by atoms with Gasteiger partial charge in [0.05, 0.1) is 11.1 Å². The summed E-state index contributed by atoms with van der Waals surface area (Å²) in [6, 6.07) is 49.2. The molecule has 0 spiro atoms. The maximum absolute atomic E-state index is 6.77. The third-order valence-electron chi connectivity index (χ3n) is 7.43. The predicted octanol–water partition coefficient (Wildman–Crippen LogP) is 11.1. The van der Waals surface area contributed by atoms with E-state index >= 15 is 0 Å². The van der Waals surface area contributed by atoms with E-state index in [0.29, 0.717) is 0 Å². The number of anilines is 3. The number of furan rings is 1. The first-order chi connectivity index (χ1) is 19.4. The maximum Gasteiger partial charge on any atom is 0.146 e. The molecule has 0 N–H and O–H groups in total. The zero-order chi connectivity index (χ0) is 25.8. The van der Waals surface area contributed by atoms with Crippen molar-refractivity contribution in [3.63, 3.8) is 0 Å². The van der Waals surface area contributed by atoms with Crippen LogP contribution < -0.4 is 4.90 Å². The van der Waals surface area contributed by atoms with Gasteiger partial charge in [-0.1, -0.05) is 103 Å². The van der Waals surface area contributed by atoms with Crippen molar-refractivity contribution in [2.45, 2.75) is 0 Å². The minimum Gasteiger partial charge on any atom is -0.455 e. The van der Waals surface area contributed by atoms with Crippen LogP contribution in [0.15, 0.2) is 144 Å². The molecule has 0 aliphatic carbocycles. The highest BCUT2D eigenvalue weighted by molar-refractivity contribution is 7.26. The lowest BCUT2D eigenvalue weighted by molar-refractivity contribution is 0.673. The molecule has 0 saturated heterocycles. The number of benzene rings is 6. The lowest BCUT2D eigenvalue weighted by atomic mass is 9.95. The Kier molecular flexibility index (Phi) is 5.04. The average Bonchev–Trinajstić information content (AvgIpc) is 3.58. The van der Waals surface area contributed by atoms with Crippen LogP contribution in [0.4, 0.5) is 17.1 Å². The van der Waals surface area contributed by atoms with Crippen LogP contribution in [0.3, 0.4) is 0 Å². The van der Waals surface area contributed by atoms with E-state index in [1.807, 2.05) is 11.3 Å². The number of rotatable bonds is 4. The van der Waals surface area contributed by atoms with Crippen molar-refractivity contribution in [1.82, 2.24) is 0 Å². The smallest absolute Gasteiger partial charge is 0.146 e. The van der Waals surface area contributed by atoms with Gasteiger partial charge >= 0.3 is 0 Å². The topological polar surface area (TPSA) is 16.4 Å². The fourth-order valence-electron chi connectivity index (χ4n) is 5.79. The standard InChI is InChI=1S/C36H23NOS/c1-4-14-24(15-5-1)31-34(37(25-16-6-2-7-17-25)26-18-8-3-9-19-26)32-27-20-10-12-22-29(27)38-35(32)33-28-21-11-13-23-30(28)39-36(31)33/h1-23H. The highest BCUT2D eigenvalue weighted by Crippen LogP contribution is 2.55. The van der Waals surface area contributed by atoms with Gasteiger partial charge in [-0.2, -0.15) is 0 Å². The van der Waals surface area contributed by atoms with Gasteiger partial charge in [-0.3, -0.25) is 0 Å². The molecule has 0 bridgehead atoms. The first-order valence-electron chi connectivity index (χ1n) is 13.1. The Morgan fingerprint density at radius 3 is 1.77 bits per heavy atom. The van der Waals surface area contributed by atoms with E-state index < -0.39 is 0 Å². The third-order valence-corrected chi connectivity index (χ3v) is 8.62. The van der Waals surface area contributed by atoms with Gasteiger partial charge in [0.2, 0.25) is 0 Å². The van der Waals surface area contributed by atoms with Gasteiger partial charge < -0.3 is 9.32 Å². The van der Waals surface area contributed by atoms with Gasteiger partial charge in [0.1, 0.15) is 11.2 Å². The van der Waals surface area contributed by atoms with E-state index in [2.05, 4.69) is 144 Å². The summed E-state index contributed by atoms with van der Waals surface area (Å²) in [5.41, 5.74) is 7.59. The molecule has 2 heterocycles. The van der Waals surface area contributed by atoms with E-state index in [1.54, 1.807) is 0 Å². The van der Waals surface area contributed by atoms with Gasteiger partial charge in [-0.05, 0) is 42.0 Å². The van der Waals surface area contributed by atoms with Crippen LogP contribution in [0.25, 0.3) is 53.2 Å². The molecule has 6 aromatic carbocycles. The molecule has 8 aromatic rings. The summed E-state index contributed by atoms with van der Waals surface area (Å²) >= 11 is 1.84. The summed E-state index contributed by atoms with van der Waals surface area (Å²) in [6.45, 7) is 0. The van der Waals surface area contributed by atoms with Gasteiger partial charge in [0.15, 0.2) is 0 Å². The predicted molar refractivity (Wildman–Crippen MR) is 167 cm³/mol. The molecule has 0 saturated carbocycles. The molecular formula is C36H23NOS. The molecular weight excluding hydrogens is 494 g/mol. The van der Waals surface area contributed by atoms with Crippen molar-refractivity contribution in [2.24, 2.45) is 0 Å². The monoisotopic (exact) mass is 517 g/mol.